The molecule has 108 valence electrons. The van der Waals surface area contributed by atoms with Crippen LogP contribution in [0.3, 0.4) is 0 Å². The molecule has 3 atom stereocenters. The lowest BCUT2D eigenvalue weighted by atomic mass is 9.85. The highest BCUT2D eigenvalue weighted by Crippen LogP contribution is 2.26. The molecule has 0 aliphatic rings. The maximum absolute atomic E-state index is 3.69. The molecule has 0 aliphatic carbocycles. The molecule has 2 heteroatoms. The standard InChI is InChI=1S/C17H30N2/c1-6-14(2)17(16-10-8-7-9-11-16)12-18-15(3)13-19(4)5/h7-11,14-15,17-18H,6,12-13H2,1-5H3. The summed E-state index contributed by atoms with van der Waals surface area (Å²) in [6.07, 6.45) is 1.23. The van der Waals surface area contributed by atoms with Crippen molar-refractivity contribution in [1.82, 2.24) is 10.2 Å². The van der Waals surface area contributed by atoms with E-state index in [0.717, 1.165) is 13.1 Å². The van der Waals surface area contributed by atoms with Crippen LogP contribution in [0.4, 0.5) is 0 Å². The van der Waals surface area contributed by atoms with Crippen LogP contribution in [0.25, 0.3) is 0 Å². The average Bonchev–Trinajstić information content (AvgIpc) is 2.39. The van der Waals surface area contributed by atoms with E-state index in [9.17, 15) is 0 Å². The minimum Gasteiger partial charge on any atom is -0.312 e. The lowest BCUT2D eigenvalue weighted by Gasteiger charge is -2.27. The summed E-state index contributed by atoms with van der Waals surface area (Å²) < 4.78 is 0. The summed E-state index contributed by atoms with van der Waals surface area (Å²) in [5.41, 5.74) is 1.46. The molecule has 0 aliphatic heterocycles. The minimum absolute atomic E-state index is 0.533. The predicted octanol–water partition coefficient (Wildman–Crippen LogP) is 3.36. The lowest BCUT2D eigenvalue weighted by Crippen LogP contribution is -2.38. The zero-order chi connectivity index (χ0) is 14.3. The molecule has 1 N–H and O–H groups in total. The normalized spacial score (nSPS) is 16.3. The number of hydrogen-bond acceptors (Lipinski definition) is 2. The van der Waals surface area contributed by atoms with E-state index < -0.39 is 0 Å². The molecule has 0 spiro atoms. The van der Waals surface area contributed by atoms with Gasteiger partial charge in [0, 0.05) is 19.1 Å². The van der Waals surface area contributed by atoms with Crippen molar-refractivity contribution < 1.29 is 0 Å². The van der Waals surface area contributed by atoms with E-state index in [1.54, 1.807) is 0 Å². The van der Waals surface area contributed by atoms with Gasteiger partial charge in [-0.1, -0.05) is 50.6 Å². The Bertz CT molecular complexity index is 334. The van der Waals surface area contributed by atoms with Gasteiger partial charge in [-0.25, -0.2) is 0 Å². The number of rotatable bonds is 8. The van der Waals surface area contributed by atoms with E-state index in [1.807, 2.05) is 0 Å². The Kier molecular flexibility index (Phi) is 7.11. The van der Waals surface area contributed by atoms with Crippen molar-refractivity contribution in [1.29, 1.82) is 0 Å². The van der Waals surface area contributed by atoms with Crippen LogP contribution in [0.1, 0.15) is 38.7 Å². The molecule has 0 fully saturated rings. The van der Waals surface area contributed by atoms with E-state index in [2.05, 4.69) is 75.4 Å². The van der Waals surface area contributed by atoms with E-state index >= 15 is 0 Å². The van der Waals surface area contributed by atoms with Crippen LogP contribution in [0, 0.1) is 5.92 Å². The average molecular weight is 262 g/mol. The third kappa shape index (κ3) is 5.75. The van der Waals surface area contributed by atoms with Crippen LogP contribution >= 0.6 is 0 Å². The van der Waals surface area contributed by atoms with Crippen molar-refractivity contribution in [2.24, 2.45) is 5.92 Å². The Hall–Kier alpha value is -0.860. The highest BCUT2D eigenvalue weighted by Gasteiger charge is 2.18. The second-order valence-electron chi connectivity index (χ2n) is 5.97. The van der Waals surface area contributed by atoms with Gasteiger partial charge < -0.3 is 10.2 Å². The Morgan fingerprint density at radius 2 is 1.74 bits per heavy atom. The van der Waals surface area contributed by atoms with Gasteiger partial charge in [0.25, 0.3) is 0 Å². The van der Waals surface area contributed by atoms with E-state index in [0.29, 0.717) is 17.9 Å². The van der Waals surface area contributed by atoms with Crippen molar-refractivity contribution in [3.8, 4) is 0 Å². The van der Waals surface area contributed by atoms with Gasteiger partial charge in [0.1, 0.15) is 0 Å². The van der Waals surface area contributed by atoms with Gasteiger partial charge in [-0.15, -0.1) is 0 Å². The van der Waals surface area contributed by atoms with Crippen molar-refractivity contribution in [2.45, 2.75) is 39.2 Å². The van der Waals surface area contributed by atoms with Crippen molar-refractivity contribution >= 4 is 0 Å². The summed E-state index contributed by atoms with van der Waals surface area (Å²) in [7, 11) is 4.25. The Morgan fingerprint density at radius 3 is 2.26 bits per heavy atom. The molecule has 0 aromatic heterocycles. The van der Waals surface area contributed by atoms with Crippen LogP contribution in [0.2, 0.25) is 0 Å². The zero-order valence-corrected chi connectivity index (χ0v) is 13.2. The van der Waals surface area contributed by atoms with Gasteiger partial charge in [-0.2, -0.15) is 0 Å². The van der Waals surface area contributed by atoms with Crippen molar-refractivity contribution in [3.63, 3.8) is 0 Å². The summed E-state index contributed by atoms with van der Waals surface area (Å²) in [6, 6.07) is 11.4. The van der Waals surface area contributed by atoms with E-state index in [1.165, 1.54) is 12.0 Å². The first kappa shape index (κ1) is 16.2. The first-order chi connectivity index (χ1) is 9.04. The largest absolute Gasteiger partial charge is 0.312 e. The van der Waals surface area contributed by atoms with Crippen LogP contribution in [-0.2, 0) is 0 Å². The first-order valence-corrected chi connectivity index (χ1v) is 7.47. The fraction of sp³-hybridized carbons (Fsp3) is 0.647. The second-order valence-corrected chi connectivity index (χ2v) is 5.97. The third-order valence-corrected chi connectivity index (χ3v) is 3.88. The summed E-state index contributed by atoms with van der Waals surface area (Å²) in [5, 5.41) is 3.69. The highest BCUT2D eigenvalue weighted by atomic mass is 15.1. The molecule has 3 unspecified atom stereocenters. The van der Waals surface area contributed by atoms with Crippen molar-refractivity contribution in [3.05, 3.63) is 35.9 Å². The highest BCUT2D eigenvalue weighted by molar-refractivity contribution is 5.20. The lowest BCUT2D eigenvalue weighted by molar-refractivity contribution is 0.330. The maximum atomic E-state index is 3.69. The van der Waals surface area contributed by atoms with Gasteiger partial charge in [0.05, 0.1) is 0 Å². The van der Waals surface area contributed by atoms with Gasteiger partial charge in [-0.05, 0) is 38.4 Å². The predicted molar refractivity (Wildman–Crippen MR) is 84.7 cm³/mol. The molecule has 1 aromatic rings. The van der Waals surface area contributed by atoms with Crippen LogP contribution < -0.4 is 5.32 Å². The summed E-state index contributed by atoms with van der Waals surface area (Å²) in [5.74, 6) is 1.32. The minimum atomic E-state index is 0.533. The second kappa shape index (κ2) is 8.34. The number of nitrogens with one attached hydrogen (secondary N) is 1. The smallest absolute Gasteiger partial charge is 0.0166 e. The monoisotopic (exact) mass is 262 g/mol. The Balaban J connectivity index is 2.61. The maximum Gasteiger partial charge on any atom is 0.0166 e. The fourth-order valence-electron chi connectivity index (χ4n) is 2.57. The van der Waals surface area contributed by atoms with Gasteiger partial charge in [0.2, 0.25) is 0 Å². The third-order valence-electron chi connectivity index (χ3n) is 3.88. The zero-order valence-electron chi connectivity index (χ0n) is 13.2. The van der Waals surface area contributed by atoms with Crippen LogP contribution in [0.15, 0.2) is 30.3 Å². The summed E-state index contributed by atoms with van der Waals surface area (Å²) in [4.78, 5) is 2.23. The Morgan fingerprint density at radius 1 is 1.11 bits per heavy atom. The van der Waals surface area contributed by atoms with Crippen molar-refractivity contribution in [2.75, 3.05) is 27.2 Å². The molecule has 1 aromatic carbocycles. The topological polar surface area (TPSA) is 15.3 Å². The van der Waals surface area contributed by atoms with E-state index in [-0.39, 0.29) is 0 Å². The molecule has 0 radical (unpaired) electrons. The Labute approximate surface area is 119 Å². The van der Waals surface area contributed by atoms with Gasteiger partial charge in [0.15, 0.2) is 0 Å². The molecule has 19 heavy (non-hydrogen) atoms. The number of likely N-dealkylation sites (N-methyl/N-ethyl adjacent to an activating group) is 1. The summed E-state index contributed by atoms with van der Waals surface area (Å²) in [6.45, 7) is 9.05. The quantitative estimate of drug-likeness (QED) is 0.773. The first-order valence-electron chi connectivity index (χ1n) is 7.47. The number of hydrogen-bond donors (Lipinski definition) is 1. The number of benzene rings is 1. The molecule has 0 saturated carbocycles. The molecule has 0 bridgehead atoms. The summed E-state index contributed by atoms with van der Waals surface area (Å²) >= 11 is 0. The molecule has 1 rings (SSSR count). The molecule has 0 amide bonds. The van der Waals surface area contributed by atoms with E-state index in [4.69, 9.17) is 0 Å². The van der Waals surface area contributed by atoms with Crippen LogP contribution in [-0.4, -0.2) is 38.1 Å². The SMILES string of the molecule is CCC(C)C(CNC(C)CN(C)C)c1ccccc1. The molecular weight excluding hydrogens is 232 g/mol. The van der Waals surface area contributed by atoms with Crippen LogP contribution in [0.5, 0.6) is 0 Å². The van der Waals surface area contributed by atoms with Gasteiger partial charge in [-0.3, -0.25) is 0 Å². The molecule has 2 nitrogen and oxygen atoms in total. The molecule has 0 heterocycles. The number of nitrogens with zero attached hydrogens (tertiary/aromatic N) is 1. The van der Waals surface area contributed by atoms with Gasteiger partial charge >= 0.3 is 0 Å². The molecular formula is C17H30N2. The molecule has 0 saturated heterocycles. The fourth-order valence-corrected chi connectivity index (χ4v) is 2.57.